The average Bonchev–Trinajstić information content (AvgIpc) is 2.34. The molecule has 0 saturated carbocycles. The van der Waals surface area contributed by atoms with Crippen molar-refractivity contribution in [2.45, 2.75) is 32.6 Å². The third kappa shape index (κ3) is 3.18. The van der Waals surface area contributed by atoms with E-state index in [-0.39, 0.29) is 6.61 Å². The van der Waals surface area contributed by atoms with Crippen LogP contribution in [0.2, 0.25) is 0 Å². The Morgan fingerprint density at radius 1 is 1.28 bits per heavy atom. The molecule has 102 valence electrons. The minimum absolute atomic E-state index is 0.198. The first-order valence-corrected chi connectivity index (χ1v) is 6.90. The van der Waals surface area contributed by atoms with Gasteiger partial charge in [-0.2, -0.15) is 0 Å². The summed E-state index contributed by atoms with van der Waals surface area (Å²) >= 11 is 3.61. The third-order valence-electron chi connectivity index (χ3n) is 2.92. The van der Waals surface area contributed by atoms with Crippen molar-refractivity contribution in [3.05, 3.63) is 21.7 Å². The molecule has 0 atom stereocenters. The number of hydrogen-bond donors (Lipinski definition) is 1. The van der Waals surface area contributed by atoms with E-state index in [1.54, 1.807) is 14.2 Å². The van der Waals surface area contributed by atoms with Crippen molar-refractivity contribution in [2.75, 3.05) is 20.8 Å². The Morgan fingerprint density at radius 2 is 1.94 bits per heavy atom. The normalized spacial score (nSPS) is 10.8. The number of aliphatic hydroxyl groups excluding tert-OH is 1. The zero-order valence-electron chi connectivity index (χ0n) is 11.4. The predicted molar refractivity (Wildman–Crippen MR) is 76.7 cm³/mol. The summed E-state index contributed by atoms with van der Waals surface area (Å²) in [7, 11) is 3.27. The molecule has 0 aliphatic heterocycles. The van der Waals surface area contributed by atoms with Gasteiger partial charge in [0.2, 0.25) is 0 Å². The van der Waals surface area contributed by atoms with E-state index < -0.39 is 0 Å². The molecule has 0 heterocycles. The lowest BCUT2D eigenvalue weighted by Crippen LogP contribution is -2.03. The Balaban J connectivity index is 3.34. The molecule has 1 aromatic carbocycles. The second kappa shape index (κ2) is 7.00. The lowest BCUT2D eigenvalue weighted by molar-refractivity contribution is 0.288. The lowest BCUT2D eigenvalue weighted by Gasteiger charge is -2.20. The molecule has 3 nitrogen and oxygen atoms in total. The number of aryl methyl sites for hydroxylation is 1. The Morgan fingerprint density at radius 3 is 2.39 bits per heavy atom. The van der Waals surface area contributed by atoms with E-state index in [0.717, 1.165) is 28.8 Å². The fraction of sp³-hybridized carbons (Fsp3) is 0.571. The van der Waals surface area contributed by atoms with E-state index in [1.807, 2.05) is 6.07 Å². The van der Waals surface area contributed by atoms with E-state index in [4.69, 9.17) is 14.6 Å². The molecule has 1 rings (SSSR count). The molecule has 0 unspecified atom stereocenters. The maximum Gasteiger partial charge on any atom is 0.175 e. The van der Waals surface area contributed by atoms with E-state index >= 15 is 0 Å². The van der Waals surface area contributed by atoms with Crippen LogP contribution >= 0.6 is 15.9 Å². The highest BCUT2D eigenvalue weighted by Crippen LogP contribution is 2.42. The molecule has 18 heavy (non-hydrogen) atoms. The standard InChI is InChI=1S/C14H21BrO3/c1-9(2)12-10(6-5-7-16)8-11(17-3)14(18-4)13(12)15/h8-9,16H,5-7H2,1-4H3. The van der Waals surface area contributed by atoms with Crippen LogP contribution in [0, 0.1) is 0 Å². The van der Waals surface area contributed by atoms with Crippen molar-refractivity contribution in [2.24, 2.45) is 0 Å². The summed E-state index contributed by atoms with van der Waals surface area (Å²) in [4.78, 5) is 0. The zero-order chi connectivity index (χ0) is 13.7. The van der Waals surface area contributed by atoms with Crippen LogP contribution in [0.25, 0.3) is 0 Å². The Kier molecular flexibility index (Phi) is 5.96. The quantitative estimate of drug-likeness (QED) is 0.872. The first-order valence-electron chi connectivity index (χ1n) is 6.10. The monoisotopic (exact) mass is 316 g/mol. The van der Waals surface area contributed by atoms with Crippen molar-refractivity contribution in [1.29, 1.82) is 0 Å². The smallest absolute Gasteiger partial charge is 0.175 e. The summed E-state index contributed by atoms with van der Waals surface area (Å²) in [5.41, 5.74) is 2.42. The van der Waals surface area contributed by atoms with Crippen LogP contribution < -0.4 is 9.47 Å². The minimum Gasteiger partial charge on any atom is -0.493 e. The highest BCUT2D eigenvalue weighted by Gasteiger charge is 2.19. The Bertz CT molecular complexity index is 403. The number of aliphatic hydroxyl groups is 1. The number of ether oxygens (including phenoxy) is 2. The van der Waals surface area contributed by atoms with Gasteiger partial charge in [0.15, 0.2) is 11.5 Å². The second-order valence-corrected chi connectivity index (χ2v) is 5.27. The van der Waals surface area contributed by atoms with Crippen molar-refractivity contribution >= 4 is 15.9 Å². The molecular weight excluding hydrogens is 296 g/mol. The summed E-state index contributed by atoms with van der Waals surface area (Å²) in [5, 5.41) is 8.99. The van der Waals surface area contributed by atoms with Crippen LogP contribution in [0.5, 0.6) is 11.5 Å². The first-order chi connectivity index (χ1) is 8.56. The first kappa shape index (κ1) is 15.3. The third-order valence-corrected chi connectivity index (χ3v) is 3.70. The van der Waals surface area contributed by atoms with Gasteiger partial charge in [-0.15, -0.1) is 0 Å². The fourth-order valence-corrected chi connectivity index (χ4v) is 3.19. The van der Waals surface area contributed by atoms with E-state index in [0.29, 0.717) is 5.92 Å². The van der Waals surface area contributed by atoms with Gasteiger partial charge in [-0.3, -0.25) is 0 Å². The largest absolute Gasteiger partial charge is 0.493 e. The molecule has 0 aliphatic rings. The molecular formula is C14H21BrO3. The van der Waals surface area contributed by atoms with Gasteiger partial charge in [-0.1, -0.05) is 13.8 Å². The summed E-state index contributed by atoms with van der Waals surface area (Å²) < 4.78 is 11.7. The Labute approximate surface area is 117 Å². The number of benzene rings is 1. The van der Waals surface area contributed by atoms with Gasteiger partial charge in [0.1, 0.15) is 0 Å². The van der Waals surface area contributed by atoms with Gasteiger partial charge in [-0.25, -0.2) is 0 Å². The molecule has 0 aliphatic carbocycles. The molecule has 0 aromatic heterocycles. The summed E-state index contributed by atoms with van der Waals surface area (Å²) in [6.45, 7) is 4.49. The lowest BCUT2D eigenvalue weighted by atomic mass is 9.93. The van der Waals surface area contributed by atoms with Crippen LogP contribution in [0.15, 0.2) is 10.5 Å². The van der Waals surface area contributed by atoms with Gasteiger partial charge in [0, 0.05) is 6.61 Å². The predicted octanol–water partition coefficient (Wildman–Crippen LogP) is 3.51. The fourth-order valence-electron chi connectivity index (χ4n) is 2.12. The van der Waals surface area contributed by atoms with Crippen LogP contribution in [0.3, 0.4) is 0 Å². The average molecular weight is 317 g/mol. The van der Waals surface area contributed by atoms with Gasteiger partial charge >= 0.3 is 0 Å². The molecule has 0 spiro atoms. The number of hydrogen-bond acceptors (Lipinski definition) is 3. The number of rotatable bonds is 6. The molecule has 0 bridgehead atoms. The molecule has 0 fully saturated rings. The zero-order valence-corrected chi connectivity index (χ0v) is 13.0. The van der Waals surface area contributed by atoms with E-state index in [9.17, 15) is 0 Å². The topological polar surface area (TPSA) is 38.7 Å². The van der Waals surface area contributed by atoms with Crippen LogP contribution in [-0.4, -0.2) is 25.9 Å². The summed E-state index contributed by atoms with van der Waals surface area (Å²) in [6, 6.07) is 2.01. The van der Waals surface area contributed by atoms with Gasteiger partial charge in [0.25, 0.3) is 0 Å². The second-order valence-electron chi connectivity index (χ2n) is 4.48. The van der Waals surface area contributed by atoms with Crippen molar-refractivity contribution in [3.8, 4) is 11.5 Å². The van der Waals surface area contributed by atoms with Crippen LogP contribution in [-0.2, 0) is 6.42 Å². The highest BCUT2D eigenvalue weighted by atomic mass is 79.9. The summed E-state index contributed by atoms with van der Waals surface area (Å²) in [6.07, 6.45) is 1.59. The van der Waals surface area contributed by atoms with Crippen molar-refractivity contribution in [1.82, 2.24) is 0 Å². The minimum atomic E-state index is 0.198. The molecule has 4 heteroatoms. The van der Waals surface area contributed by atoms with Crippen LogP contribution in [0.1, 0.15) is 37.3 Å². The number of methoxy groups -OCH3 is 2. The van der Waals surface area contributed by atoms with E-state index in [1.165, 1.54) is 11.1 Å². The maximum absolute atomic E-state index is 8.99. The maximum atomic E-state index is 8.99. The van der Waals surface area contributed by atoms with Crippen molar-refractivity contribution < 1.29 is 14.6 Å². The summed E-state index contributed by atoms with van der Waals surface area (Å²) in [5.74, 6) is 1.84. The van der Waals surface area contributed by atoms with E-state index in [2.05, 4.69) is 29.8 Å². The van der Waals surface area contributed by atoms with Crippen molar-refractivity contribution in [3.63, 3.8) is 0 Å². The number of halogens is 1. The van der Waals surface area contributed by atoms with Gasteiger partial charge < -0.3 is 14.6 Å². The molecule has 1 aromatic rings. The molecule has 0 saturated heterocycles. The molecule has 1 N–H and O–H groups in total. The highest BCUT2D eigenvalue weighted by molar-refractivity contribution is 9.10. The van der Waals surface area contributed by atoms with Gasteiger partial charge in [0.05, 0.1) is 18.7 Å². The molecule has 0 radical (unpaired) electrons. The Hall–Kier alpha value is -0.740. The van der Waals surface area contributed by atoms with Crippen LogP contribution in [0.4, 0.5) is 0 Å². The molecule has 0 amide bonds. The van der Waals surface area contributed by atoms with Gasteiger partial charge in [-0.05, 0) is 51.9 Å². The SMILES string of the molecule is COc1cc(CCCO)c(C(C)C)c(Br)c1OC.